The molecule has 6 N–H and O–H groups in total. The lowest BCUT2D eigenvalue weighted by molar-refractivity contribution is -0.161. The highest BCUT2D eigenvalue weighted by molar-refractivity contribution is 7.48. The summed E-state index contributed by atoms with van der Waals surface area (Å²) in [4.78, 5) is 38.9. The smallest absolute Gasteiger partial charge is 0.462 e. The molecule has 0 aliphatic carbocycles. The van der Waals surface area contributed by atoms with Crippen molar-refractivity contribution >= 4 is 25.5 Å². The van der Waals surface area contributed by atoms with Crippen molar-refractivity contribution in [1.29, 1.82) is 0 Å². The van der Waals surface area contributed by atoms with Gasteiger partial charge in [-0.3, -0.25) is 28.0 Å². The van der Waals surface area contributed by atoms with E-state index in [1.165, 1.54) is 97.0 Å². The molecule has 0 saturated carbocycles. The van der Waals surface area contributed by atoms with Gasteiger partial charge in [-0.2, -0.15) is 0 Å². The lowest BCUT2D eigenvalue weighted by Crippen LogP contribution is -2.38. The van der Waals surface area contributed by atoms with Gasteiger partial charge >= 0.3 is 19.8 Å². The molecule has 0 aromatic carbocycles. The third-order valence-corrected chi connectivity index (χ3v) is 13.4. The van der Waals surface area contributed by atoms with E-state index in [0.29, 0.717) is 38.9 Å². The predicted molar refractivity (Wildman–Crippen MR) is 282 cm³/mol. The van der Waals surface area contributed by atoms with E-state index in [2.05, 4.69) is 48.8 Å². The van der Waals surface area contributed by atoms with Gasteiger partial charge in [0.1, 0.15) is 12.4 Å². The van der Waals surface area contributed by atoms with E-state index in [0.717, 1.165) is 103 Å². The molecule has 0 aliphatic rings. The molecule has 400 valence electrons. The molecule has 68 heavy (non-hydrogen) atoms. The second-order valence-electron chi connectivity index (χ2n) is 18.5. The number of carbonyl (C=O) groups is 3. The lowest BCUT2D eigenvalue weighted by Gasteiger charge is -2.21. The van der Waals surface area contributed by atoms with Gasteiger partial charge in [0.25, 0.3) is 0 Å². The molecule has 0 aromatic rings. The third kappa shape index (κ3) is 45.2. The Bertz CT molecular complexity index is 1260. The van der Waals surface area contributed by atoms with Gasteiger partial charge in [-0.05, 0) is 129 Å². The Kier molecular flexibility index (Phi) is 49.9. The first-order chi connectivity index (χ1) is 33.2. The summed E-state index contributed by atoms with van der Waals surface area (Å²) in [5.74, 6) is -0.768. The summed E-state index contributed by atoms with van der Waals surface area (Å²) in [6.45, 7) is 7.33. The fraction of sp³-hybridized carbons (Fsp3) is 0.870. The topological polar surface area (TPSA) is 191 Å². The summed E-state index contributed by atoms with van der Waals surface area (Å²) in [6, 6.07) is -0.315. The van der Waals surface area contributed by atoms with Crippen LogP contribution in [-0.4, -0.2) is 89.5 Å². The molecule has 0 rings (SSSR count). The molecule has 0 aromatic heterocycles. The zero-order valence-corrected chi connectivity index (χ0v) is 44.8. The van der Waals surface area contributed by atoms with Gasteiger partial charge in [-0.1, -0.05) is 141 Å². The van der Waals surface area contributed by atoms with Gasteiger partial charge in [-0.25, -0.2) is 4.57 Å². The first-order valence-electron chi connectivity index (χ1n) is 27.7. The van der Waals surface area contributed by atoms with E-state index in [-0.39, 0.29) is 56.9 Å². The van der Waals surface area contributed by atoms with Crippen LogP contribution < -0.4 is 22.1 Å². The van der Waals surface area contributed by atoms with E-state index in [1.807, 2.05) is 0 Å². The zero-order chi connectivity index (χ0) is 49.9. The number of rotatable bonds is 54. The van der Waals surface area contributed by atoms with Crippen molar-refractivity contribution in [2.45, 2.75) is 244 Å². The summed E-state index contributed by atoms with van der Waals surface area (Å²) in [5, 5.41) is 6.68. The number of ether oxygens (including phenoxy) is 2. The van der Waals surface area contributed by atoms with Gasteiger partial charge in [0.2, 0.25) is 0 Å². The molecule has 0 radical (unpaired) electrons. The first kappa shape index (κ1) is 66.0. The van der Waals surface area contributed by atoms with Gasteiger partial charge in [-0.15, -0.1) is 0 Å². The largest absolute Gasteiger partial charge is 0.474 e. The van der Waals surface area contributed by atoms with Crippen molar-refractivity contribution in [1.82, 2.24) is 10.6 Å². The number of nitrogens with one attached hydrogen (secondary N) is 2. The van der Waals surface area contributed by atoms with Crippen molar-refractivity contribution in [2.24, 2.45) is 11.5 Å². The summed E-state index contributed by atoms with van der Waals surface area (Å²) < 4.78 is 41.1. The van der Waals surface area contributed by atoms with E-state index >= 15 is 0 Å². The van der Waals surface area contributed by atoms with Crippen LogP contribution in [0.3, 0.4) is 0 Å². The molecular formula is C54H105N4O9P. The normalized spacial score (nSPS) is 13.6. The maximum absolute atomic E-state index is 13.5. The number of esters is 2. The Morgan fingerprint density at radius 3 is 1.51 bits per heavy atom. The fourth-order valence-electron chi connectivity index (χ4n) is 7.75. The van der Waals surface area contributed by atoms with Crippen molar-refractivity contribution in [3.63, 3.8) is 0 Å². The molecule has 0 fully saturated rings. The molecule has 3 atom stereocenters. The zero-order valence-electron chi connectivity index (χ0n) is 43.9. The van der Waals surface area contributed by atoms with Crippen molar-refractivity contribution in [3.8, 4) is 0 Å². The third-order valence-electron chi connectivity index (χ3n) is 12.0. The number of hydrogen-bond donors (Lipinski definition) is 4. The van der Waals surface area contributed by atoms with Crippen LogP contribution in [0, 0.1) is 0 Å². The number of carbonyl (C=O) groups excluding carboxylic acids is 3. The SMILES string of the molecule is CCCCCCCC/C=C\CCCCCCCC(=O)OCC(COP(=O)(OC)OCCCC(=O)C(CCCNCCCN)NCCCN)OC(=O)CCCCCCC/C=C\CCCCCCCC. The summed E-state index contributed by atoms with van der Waals surface area (Å²) in [5.41, 5.74) is 11.2. The molecule has 0 aliphatic heterocycles. The molecule has 0 heterocycles. The summed E-state index contributed by atoms with van der Waals surface area (Å²) in [6.07, 6.45) is 42.7. The second-order valence-corrected chi connectivity index (χ2v) is 20.3. The fourth-order valence-corrected chi connectivity index (χ4v) is 8.74. The minimum Gasteiger partial charge on any atom is -0.462 e. The van der Waals surface area contributed by atoms with Crippen molar-refractivity contribution in [3.05, 3.63) is 24.3 Å². The summed E-state index contributed by atoms with van der Waals surface area (Å²) in [7, 11) is -2.87. The van der Waals surface area contributed by atoms with Crippen molar-refractivity contribution in [2.75, 3.05) is 59.7 Å². The lowest BCUT2D eigenvalue weighted by atomic mass is 10.0. The standard InChI is InChI=1S/C54H105N4O9P/c1-4-6-8-10-12-14-16-18-20-22-24-26-28-30-32-40-53(60)64-48-50(67-54(61)41-33-31-29-27-25-23-21-19-17-15-13-11-9-7-5-2)49-66-68(62,63-3)65-47-35-39-52(59)51(58-46-37-43-56)38-34-44-57-45-36-42-55/h18-21,50-51,57-58H,4-17,22-49,55-56H2,1-3H3/b20-18-,21-19-. The second kappa shape index (κ2) is 51.4. The minimum absolute atomic E-state index is 0.0438. The van der Waals surface area contributed by atoms with E-state index in [4.69, 9.17) is 34.5 Å². The molecular weight excluding hydrogens is 880 g/mol. The number of phosphoric ester groups is 1. The summed E-state index contributed by atoms with van der Waals surface area (Å²) >= 11 is 0. The quantitative estimate of drug-likeness (QED) is 0.0195. The van der Waals surface area contributed by atoms with Gasteiger partial charge in [0.05, 0.1) is 19.3 Å². The first-order valence-corrected chi connectivity index (χ1v) is 29.2. The Morgan fingerprint density at radius 1 is 0.529 bits per heavy atom. The van der Waals surface area contributed by atoms with Gasteiger partial charge in [0, 0.05) is 26.4 Å². The Morgan fingerprint density at radius 2 is 1.00 bits per heavy atom. The maximum atomic E-state index is 13.5. The Balaban J connectivity index is 4.93. The Labute approximate surface area is 416 Å². The average molecular weight is 985 g/mol. The highest BCUT2D eigenvalue weighted by Gasteiger charge is 2.29. The molecule has 3 unspecified atom stereocenters. The van der Waals surface area contributed by atoms with Crippen LogP contribution in [0.15, 0.2) is 24.3 Å². The molecule has 0 bridgehead atoms. The van der Waals surface area contributed by atoms with E-state index < -0.39 is 19.9 Å². The highest BCUT2D eigenvalue weighted by atomic mass is 31.2. The highest BCUT2D eigenvalue weighted by Crippen LogP contribution is 2.48. The molecule has 14 heteroatoms. The number of Topliss-reactive ketones (excluding diaryl/α,β-unsaturated/α-hetero) is 1. The van der Waals surface area contributed by atoms with Crippen LogP contribution in [0.2, 0.25) is 0 Å². The van der Waals surface area contributed by atoms with Crippen LogP contribution in [0.25, 0.3) is 0 Å². The maximum Gasteiger partial charge on any atom is 0.474 e. The van der Waals surface area contributed by atoms with Gasteiger partial charge in [0.15, 0.2) is 6.10 Å². The number of ketones is 1. The minimum atomic E-state index is -4.08. The molecule has 0 amide bonds. The number of hydrogen-bond acceptors (Lipinski definition) is 13. The van der Waals surface area contributed by atoms with E-state index in [9.17, 15) is 18.9 Å². The molecule has 13 nitrogen and oxygen atoms in total. The monoisotopic (exact) mass is 985 g/mol. The number of phosphoric acid groups is 1. The Hall–Kier alpha value is -1.96. The predicted octanol–water partition coefficient (Wildman–Crippen LogP) is 12.7. The van der Waals surface area contributed by atoms with Crippen LogP contribution >= 0.6 is 7.82 Å². The van der Waals surface area contributed by atoms with Crippen LogP contribution in [0.4, 0.5) is 0 Å². The molecule has 0 saturated heterocycles. The van der Waals surface area contributed by atoms with Gasteiger partial charge < -0.3 is 31.6 Å². The van der Waals surface area contributed by atoms with Crippen LogP contribution in [-0.2, 0) is 42.0 Å². The number of unbranched alkanes of at least 4 members (excludes halogenated alkanes) is 22. The average Bonchev–Trinajstić information content (AvgIpc) is 3.34. The van der Waals surface area contributed by atoms with E-state index in [1.54, 1.807) is 0 Å². The molecule has 0 spiro atoms. The van der Waals surface area contributed by atoms with Crippen molar-refractivity contribution < 1.29 is 42.0 Å². The van der Waals surface area contributed by atoms with Crippen LogP contribution in [0.1, 0.15) is 232 Å². The number of nitrogens with two attached hydrogens (primary N) is 2. The number of allylic oxidation sites excluding steroid dienone is 4. The van der Waals surface area contributed by atoms with Crippen LogP contribution in [0.5, 0.6) is 0 Å².